The van der Waals surface area contributed by atoms with Crippen molar-refractivity contribution in [2.75, 3.05) is 44.2 Å². The van der Waals surface area contributed by atoms with Gasteiger partial charge in [-0.05, 0) is 45.0 Å². The SMILES string of the molecule is CCOC(=O)CCCN1CCCN(c2ccccn2)CC1. The Balaban J connectivity index is 1.72. The zero-order valence-electron chi connectivity index (χ0n) is 12.8. The van der Waals surface area contributed by atoms with E-state index < -0.39 is 0 Å². The summed E-state index contributed by atoms with van der Waals surface area (Å²) >= 11 is 0. The third kappa shape index (κ3) is 5.34. The Morgan fingerprint density at radius 2 is 2.19 bits per heavy atom. The smallest absolute Gasteiger partial charge is 0.305 e. The van der Waals surface area contributed by atoms with Crippen LogP contribution in [0.5, 0.6) is 0 Å². The second-order valence-corrected chi connectivity index (χ2v) is 5.28. The standard InChI is InChI=1S/C16H25N3O2/c1-2-21-16(20)8-5-10-18-11-6-12-19(14-13-18)15-7-3-4-9-17-15/h3-4,7,9H,2,5-6,8,10-14H2,1H3. The first-order valence-corrected chi connectivity index (χ1v) is 7.83. The lowest BCUT2D eigenvalue weighted by atomic mass is 10.3. The van der Waals surface area contributed by atoms with Crippen LogP contribution in [0.1, 0.15) is 26.2 Å². The summed E-state index contributed by atoms with van der Waals surface area (Å²) in [7, 11) is 0. The van der Waals surface area contributed by atoms with Gasteiger partial charge in [0.25, 0.3) is 0 Å². The first kappa shape index (κ1) is 15.8. The van der Waals surface area contributed by atoms with E-state index in [1.54, 1.807) is 0 Å². The predicted molar refractivity (Wildman–Crippen MR) is 83.4 cm³/mol. The largest absolute Gasteiger partial charge is 0.466 e. The molecular weight excluding hydrogens is 266 g/mol. The van der Waals surface area contributed by atoms with Gasteiger partial charge in [0.2, 0.25) is 0 Å². The quantitative estimate of drug-likeness (QED) is 0.750. The summed E-state index contributed by atoms with van der Waals surface area (Å²) in [6, 6.07) is 6.05. The molecule has 2 rings (SSSR count). The van der Waals surface area contributed by atoms with E-state index in [4.69, 9.17) is 4.74 Å². The summed E-state index contributed by atoms with van der Waals surface area (Å²) in [6.45, 7) is 7.45. The summed E-state index contributed by atoms with van der Waals surface area (Å²) in [6.07, 6.45) is 4.38. The van der Waals surface area contributed by atoms with Crippen LogP contribution in [0.25, 0.3) is 0 Å². The van der Waals surface area contributed by atoms with E-state index in [1.165, 1.54) is 0 Å². The summed E-state index contributed by atoms with van der Waals surface area (Å²) in [5, 5.41) is 0. The van der Waals surface area contributed by atoms with Crippen molar-refractivity contribution in [1.29, 1.82) is 0 Å². The normalized spacial score (nSPS) is 16.5. The van der Waals surface area contributed by atoms with Crippen LogP contribution in [0, 0.1) is 0 Å². The van der Waals surface area contributed by atoms with Gasteiger partial charge in [-0.3, -0.25) is 4.79 Å². The molecule has 1 aliphatic heterocycles. The Kier molecular flexibility index (Phi) is 6.47. The number of aromatic nitrogens is 1. The molecule has 1 fully saturated rings. The van der Waals surface area contributed by atoms with Crippen LogP contribution in [0.3, 0.4) is 0 Å². The van der Waals surface area contributed by atoms with Crippen LogP contribution >= 0.6 is 0 Å². The van der Waals surface area contributed by atoms with Gasteiger partial charge in [0.1, 0.15) is 5.82 Å². The molecule has 0 aliphatic carbocycles. The van der Waals surface area contributed by atoms with Crippen molar-refractivity contribution < 1.29 is 9.53 Å². The molecule has 116 valence electrons. The lowest BCUT2D eigenvalue weighted by molar-refractivity contribution is -0.143. The predicted octanol–water partition coefficient (Wildman–Crippen LogP) is 1.94. The van der Waals surface area contributed by atoms with Crippen molar-refractivity contribution >= 4 is 11.8 Å². The zero-order valence-corrected chi connectivity index (χ0v) is 12.8. The number of ether oxygens (including phenoxy) is 1. The van der Waals surface area contributed by atoms with Crippen molar-refractivity contribution in [2.45, 2.75) is 26.2 Å². The highest BCUT2D eigenvalue weighted by atomic mass is 16.5. The fourth-order valence-electron chi connectivity index (χ4n) is 2.64. The first-order chi connectivity index (χ1) is 10.3. The lowest BCUT2D eigenvalue weighted by Gasteiger charge is -2.22. The molecule has 1 saturated heterocycles. The van der Waals surface area contributed by atoms with Crippen LogP contribution in [0.2, 0.25) is 0 Å². The number of rotatable bonds is 6. The molecule has 0 saturated carbocycles. The van der Waals surface area contributed by atoms with Crippen LogP contribution < -0.4 is 4.90 Å². The number of nitrogens with zero attached hydrogens (tertiary/aromatic N) is 3. The Morgan fingerprint density at radius 1 is 1.29 bits per heavy atom. The van der Waals surface area contributed by atoms with Gasteiger partial charge in [0.15, 0.2) is 0 Å². The van der Waals surface area contributed by atoms with Gasteiger partial charge in [-0.2, -0.15) is 0 Å². The van der Waals surface area contributed by atoms with Gasteiger partial charge in [-0.1, -0.05) is 6.07 Å². The maximum atomic E-state index is 11.3. The first-order valence-electron chi connectivity index (χ1n) is 7.83. The molecule has 0 spiro atoms. The van der Waals surface area contributed by atoms with E-state index in [0.717, 1.165) is 51.4 Å². The third-order valence-electron chi connectivity index (χ3n) is 3.72. The highest BCUT2D eigenvalue weighted by Gasteiger charge is 2.15. The van der Waals surface area contributed by atoms with E-state index in [1.807, 2.05) is 25.3 Å². The van der Waals surface area contributed by atoms with Crippen molar-refractivity contribution in [3.63, 3.8) is 0 Å². The summed E-state index contributed by atoms with van der Waals surface area (Å²) < 4.78 is 4.96. The summed E-state index contributed by atoms with van der Waals surface area (Å²) in [5.41, 5.74) is 0. The molecule has 1 aliphatic rings. The molecule has 0 aromatic carbocycles. The van der Waals surface area contributed by atoms with Gasteiger partial charge >= 0.3 is 5.97 Å². The van der Waals surface area contributed by atoms with Crippen molar-refractivity contribution in [3.05, 3.63) is 24.4 Å². The Labute approximate surface area is 126 Å². The number of pyridine rings is 1. The third-order valence-corrected chi connectivity index (χ3v) is 3.72. The second kappa shape index (κ2) is 8.62. The topological polar surface area (TPSA) is 45.7 Å². The average molecular weight is 291 g/mol. The molecule has 5 heteroatoms. The molecular formula is C16H25N3O2. The Hall–Kier alpha value is -1.62. The molecule has 0 N–H and O–H groups in total. The molecule has 5 nitrogen and oxygen atoms in total. The van der Waals surface area contributed by atoms with Gasteiger partial charge in [0.05, 0.1) is 6.61 Å². The molecule has 2 heterocycles. The fourth-order valence-corrected chi connectivity index (χ4v) is 2.64. The second-order valence-electron chi connectivity index (χ2n) is 5.28. The maximum Gasteiger partial charge on any atom is 0.305 e. The van der Waals surface area contributed by atoms with Gasteiger partial charge in [0, 0.05) is 32.3 Å². The minimum atomic E-state index is -0.0811. The number of hydrogen-bond donors (Lipinski definition) is 0. The Morgan fingerprint density at radius 3 is 2.95 bits per heavy atom. The number of anilines is 1. The zero-order chi connectivity index (χ0) is 14.9. The highest BCUT2D eigenvalue weighted by molar-refractivity contribution is 5.69. The molecule has 0 amide bonds. The molecule has 0 unspecified atom stereocenters. The number of esters is 1. The van der Waals surface area contributed by atoms with Crippen LogP contribution in [0.4, 0.5) is 5.82 Å². The van der Waals surface area contributed by atoms with Crippen molar-refractivity contribution in [1.82, 2.24) is 9.88 Å². The van der Waals surface area contributed by atoms with Gasteiger partial charge < -0.3 is 14.5 Å². The molecule has 21 heavy (non-hydrogen) atoms. The van der Waals surface area contributed by atoms with Crippen molar-refractivity contribution in [2.24, 2.45) is 0 Å². The van der Waals surface area contributed by atoms with E-state index in [-0.39, 0.29) is 5.97 Å². The van der Waals surface area contributed by atoms with Crippen LogP contribution in [-0.2, 0) is 9.53 Å². The van der Waals surface area contributed by atoms with E-state index in [0.29, 0.717) is 13.0 Å². The molecule has 0 atom stereocenters. The molecule has 1 aromatic heterocycles. The van der Waals surface area contributed by atoms with Crippen LogP contribution in [0.15, 0.2) is 24.4 Å². The fraction of sp³-hybridized carbons (Fsp3) is 0.625. The molecule has 1 aromatic rings. The highest BCUT2D eigenvalue weighted by Crippen LogP contribution is 2.13. The van der Waals surface area contributed by atoms with E-state index in [2.05, 4.69) is 20.9 Å². The minimum Gasteiger partial charge on any atom is -0.466 e. The lowest BCUT2D eigenvalue weighted by Crippen LogP contribution is -2.31. The monoisotopic (exact) mass is 291 g/mol. The van der Waals surface area contributed by atoms with Crippen molar-refractivity contribution in [3.8, 4) is 0 Å². The van der Waals surface area contributed by atoms with E-state index >= 15 is 0 Å². The molecule has 0 bridgehead atoms. The number of carbonyl (C=O) groups is 1. The number of carbonyl (C=O) groups excluding carboxylic acids is 1. The van der Waals surface area contributed by atoms with E-state index in [9.17, 15) is 4.79 Å². The van der Waals surface area contributed by atoms with Gasteiger partial charge in [-0.25, -0.2) is 4.98 Å². The Bertz CT molecular complexity index is 425. The molecule has 0 radical (unpaired) electrons. The summed E-state index contributed by atoms with van der Waals surface area (Å²) in [4.78, 5) is 20.5. The van der Waals surface area contributed by atoms with Gasteiger partial charge in [-0.15, -0.1) is 0 Å². The minimum absolute atomic E-state index is 0.0811. The summed E-state index contributed by atoms with van der Waals surface area (Å²) in [5.74, 6) is 0.980. The maximum absolute atomic E-state index is 11.3. The average Bonchev–Trinajstić information content (AvgIpc) is 2.74. The van der Waals surface area contributed by atoms with Crippen LogP contribution in [-0.4, -0.2) is 55.2 Å². The number of hydrogen-bond acceptors (Lipinski definition) is 5.